The summed E-state index contributed by atoms with van der Waals surface area (Å²) in [4.78, 5) is 12.2. The molecule has 0 bridgehead atoms. The van der Waals surface area contributed by atoms with Crippen LogP contribution in [-0.2, 0) is 9.67 Å². The van der Waals surface area contributed by atoms with Gasteiger partial charge in [0.25, 0.3) is 0 Å². The molecule has 24 heavy (non-hydrogen) atoms. The number of benzene rings is 1. The fourth-order valence-electron chi connectivity index (χ4n) is 3.69. The average molecular weight is 350 g/mol. The van der Waals surface area contributed by atoms with Gasteiger partial charge in [-0.1, -0.05) is 24.6 Å². The van der Waals surface area contributed by atoms with Gasteiger partial charge in [-0.05, 0) is 31.9 Å². The first-order chi connectivity index (χ1) is 11.6. The third-order valence-corrected chi connectivity index (χ3v) is 5.65. The summed E-state index contributed by atoms with van der Waals surface area (Å²) >= 11 is 4.91. The smallest absolute Gasteiger partial charge is 0.238 e. The molecular weight excluding hydrogens is 322 g/mol. The Hall–Kier alpha value is -1.24. The number of thiol groups is 1. The minimum absolute atomic E-state index is 0.0802. The Morgan fingerprint density at radius 2 is 2.29 bits per heavy atom. The van der Waals surface area contributed by atoms with Crippen molar-refractivity contribution in [3.63, 3.8) is 0 Å². The number of piperidine rings is 1. The Bertz CT molecular complexity index is 577. The van der Waals surface area contributed by atoms with Crippen LogP contribution in [-0.4, -0.2) is 37.2 Å². The molecule has 132 valence electrons. The van der Waals surface area contributed by atoms with Crippen molar-refractivity contribution in [3.05, 3.63) is 29.8 Å². The minimum atomic E-state index is -0.680. The molecule has 0 aliphatic carbocycles. The molecule has 0 aromatic heterocycles. The zero-order valence-corrected chi connectivity index (χ0v) is 15.1. The quantitative estimate of drug-likeness (QED) is 0.434. The largest absolute Gasteiger partial charge is 0.493 e. The van der Waals surface area contributed by atoms with Crippen LogP contribution in [0.3, 0.4) is 0 Å². The molecule has 0 radical (unpaired) electrons. The zero-order valence-electron chi connectivity index (χ0n) is 14.3. The SMILES string of the molecule is CNN(C(=O)CCC1CCCCN1)C1(S)CCOc2ccccc21. The molecule has 2 aliphatic heterocycles. The van der Waals surface area contributed by atoms with E-state index in [1.54, 1.807) is 12.1 Å². The van der Waals surface area contributed by atoms with Crippen LogP contribution in [0, 0.1) is 0 Å². The van der Waals surface area contributed by atoms with Crippen LogP contribution in [0.25, 0.3) is 0 Å². The van der Waals surface area contributed by atoms with Crippen LogP contribution in [0.2, 0.25) is 0 Å². The molecule has 1 saturated heterocycles. The maximum absolute atomic E-state index is 12.9. The molecule has 0 saturated carbocycles. The van der Waals surface area contributed by atoms with E-state index in [2.05, 4.69) is 10.7 Å². The van der Waals surface area contributed by atoms with E-state index in [1.165, 1.54) is 12.8 Å². The number of rotatable bonds is 5. The highest BCUT2D eigenvalue weighted by Gasteiger charge is 2.42. The Labute approximate surface area is 149 Å². The number of carbonyl (C=O) groups excluding carboxylic acids is 1. The number of hydrogen-bond donors (Lipinski definition) is 3. The van der Waals surface area contributed by atoms with E-state index in [-0.39, 0.29) is 5.91 Å². The van der Waals surface area contributed by atoms with Crippen molar-refractivity contribution in [2.75, 3.05) is 20.2 Å². The summed E-state index contributed by atoms with van der Waals surface area (Å²) in [6, 6.07) is 8.28. The molecule has 5 nitrogen and oxygen atoms in total. The summed E-state index contributed by atoms with van der Waals surface area (Å²) in [7, 11) is 1.78. The number of nitrogens with zero attached hydrogens (tertiary/aromatic N) is 1. The van der Waals surface area contributed by atoms with Gasteiger partial charge < -0.3 is 10.1 Å². The van der Waals surface area contributed by atoms with Crippen LogP contribution in [0.1, 0.15) is 44.1 Å². The van der Waals surface area contributed by atoms with Crippen molar-refractivity contribution in [3.8, 4) is 5.75 Å². The number of fused-ring (bicyclic) bond motifs is 1. The lowest BCUT2D eigenvalue weighted by molar-refractivity contribution is -0.139. The topological polar surface area (TPSA) is 53.6 Å². The van der Waals surface area contributed by atoms with E-state index < -0.39 is 4.87 Å². The Kier molecular flexibility index (Phi) is 5.69. The number of hydrogen-bond acceptors (Lipinski definition) is 5. The van der Waals surface area contributed by atoms with E-state index in [4.69, 9.17) is 17.4 Å². The molecule has 1 amide bonds. The molecule has 2 atom stereocenters. The second kappa shape index (κ2) is 7.76. The Morgan fingerprint density at radius 3 is 3.04 bits per heavy atom. The van der Waals surface area contributed by atoms with Gasteiger partial charge >= 0.3 is 0 Å². The van der Waals surface area contributed by atoms with Crippen LogP contribution in [0.5, 0.6) is 5.75 Å². The molecule has 0 spiro atoms. The molecule has 6 heteroatoms. The normalized spacial score (nSPS) is 26.3. The van der Waals surface area contributed by atoms with Crippen molar-refractivity contribution >= 4 is 18.5 Å². The zero-order chi connectivity index (χ0) is 17.0. The van der Waals surface area contributed by atoms with Crippen molar-refractivity contribution in [2.24, 2.45) is 0 Å². The molecule has 2 unspecified atom stereocenters. The van der Waals surface area contributed by atoms with Crippen molar-refractivity contribution in [1.29, 1.82) is 0 Å². The summed E-state index contributed by atoms with van der Waals surface area (Å²) in [6.45, 7) is 1.62. The number of ether oxygens (including phenoxy) is 1. The average Bonchev–Trinajstić information content (AvgIpc) is 2.62. The molecule has 2 aliphatic rings. The van der Waals surface area contributed by atoms with E-state index in [9.17, 15) is 4.79 Å². The van der Waals surface area contributed by atoms with Crippen LogP contribution in [0.15, 0.2) is 24.3 Å². The maximum atomic E-state index is 12.9. The van der Waals surface area contributed by atoms with E-state index in [0.717, 1.165) is 30.7 Å². The summed E-state index contributed by atoms with van der Waals surface area (Å²) in [5.41, 5.74) is 4.01. The summed E-state index contributed by atoms with van der Waals surface area (Å²) in [5, 5.41) is 5.19. The number of nitrogens with one attached hydrogen (secondary N) is 2. The minimum Gasteiger partial charge on any atom is -0.493 e. The van der Waals surface area contributed by atoms with Gasteiger partial charge in [0, 0.05) is 31.5 Å². The van der Waals surface area contributed by atoms with Gasteiger partial charge in [-0.2, -0.15) is 0 Å². The number of hydrazine groups is 1. The summed E-state index contributed by atoms with van der Waals surface area (Å²) in [5.74, 6) is 0.886. The predicted molar refractivity (Wildman–Crippen MR) is 98.0 cm³/mol. The first kappa shape index (κ1) is 17.6. The third-order valence-electron chi connectivity index (χ3n) is 4.99. The Morgan fingerprint density at radius 1 is 1.46 bits per heavy atom. The van der Waals surface area contributed by atoms with Gasteiger partial charge in [-0.15, -0.1) is 12.6 Å². The molecule has 2 heterocycles. The molecule has 1 fully saturated rings. The number of carbonyl (C=O) groups is 1. The number of para-hydroxylation sites is 1. The Balaban J connectivity index is 1.72. The van der Waals surface area contributed by atoms with Crippen molar-refractivity contribution < 1.29 is 9.53 Å². The van der Waals surface area contributed by atoms with Gasteiger partial charge in [-0.3, -0.25) is 9.80 Å². The second-order valence-electron chi connectivity index (χ2n) is 6.55. The standard InChI is InChI=1S/C18H27N3O2S/c1-19-21(17(22)10-9-14-6-4-5-12-20-14)18(24)11-13-23-16-8-3-2-7-15(16)18/h2-3,7-8,14,19-20,24H,4-6,9-13H2,1H3. The van der Waals surface area contributed by atoms with Gasteiger partial charge in [0.2, 0.25) is 5.91 Å². The second-order valence-corrected chi connectivity index (χ2v) is 7.29. The lowest BCUT2D eigenvalue weighted by atomic mass is 9.97. The van der Waals surface area contributed by atoms with Gasteiger partial charge in [-0.25, -0.2) is 5.43 Å². The van der Waals surface area contributed by atoms with Crippen LogP contribution < -0.4 is 15.5 Å². The molecule has 1 aromatic carbocycles. The highest BCUT2D eigenvalue weighted by Crippen LogP contribution is 2.43. The molecule has 1 aromatic rings. The van der Waals surface area contributed by atoms with E-state index in [1.807, 2.05) is 24.3 Å². The fourth-order valence-corrected chi connectivity index (χ4v) is 4.18. The van der Waals surface area contributed by atoms with Gasteiger partial charge in [0.05, 0.1) is 6.61 Å². The van der Waals surface area contributed by atoms with Crippen LogP contribution >= 0.6 is 12.6 Å². The summed E-state index contributed by atoms with van der Waals surface area (Å²) in [6.07, 6.45) is 5.70. The predicted octanol–water partition coefficient (Wildman–Crippen LogP) is 2.44. The van der Waals surface area contributed by atoms with Gasteiger partial charge in [0.15, 0.2) is 0 Å². The van der Waals surface area contributed by atoms with Crippen LogP contribution in [0.4, 0.5) is 0 Å². The molecule has 2 N–H and O–H groups in total. The van der Waals surface area contributed by atoms with Crippen molar-refractivity contribution in [2.45, 2.75) is 49.4 Å². The monoisotopic (exact) mass is 349 g/mol. The van der Waals surface area contributed by atoms with E-state index in [0.29, 0.717) is 25.5 Å². The third kappa shape index (κ3) is 3.55. The lowest BCUT2D eigenvalue weighted by Gasteiger charge is -2.43. The first-order valence-corrected chi connectivity index (χ1v) is 9.28. The fraction of sp³-hybridized carbons (Fsp3) is 0.611. The molecular formula is C18H27N3O2S. The van der Waals surface area contributed by atoms with E-state index >= 15 is 0 Å². The number of amides is 1. The maximum Gasteiger partial charge on any atom is 0.238 e. The summed E-state index contributed by atoms with van der Waals surface area (Å²) < 4.78 is 5.72. The lowest BCUT2D eigenvalue weighted by Crippen LogP contribution is -2.54. The highest BCUT2D eigenvalue weighted by molar-refractivity contribution is 7.81. The molecule has 3 rings (SSSR count). The van der Waals surface area contributed by atoms with Crippen molar-refractivity contribution in [1.82, 2.24) is 15.8 Å². The highest BCUT2D eigenvalue weighted by atomic mass is 32.1. The van der Waals surface area contributed by atoms with Gasteiger partial charge in [0.1, 0.15) is 10.6 Å². The first-order valence-electron chi connectivity index (χ1n) is 8.83.